The van der Waals surface area contributed by atoms with Gasteiger partial charge in [0.1, 0.15) is 5.78 Å². The van der Waals surface area contributed by atoms with Crippen molar-refractivity contribution < 1.29 is 19.1 Å². The van der Waals surface area contributed by atoms with Gasteiger partial charge in [0.05, 0.1) is 12.6 Å². The molecule has 0 saturated carbocycles. The summed E-state index contributed by atoms with van der Waals surface area (Å²) in [5.74, 6) is 0.167. The van der Waals surface area contributed by atoms with Gasteiger partial charge in [-0.05, 0) is 32.0 Å². The Morgan fingerprint density at radius 2 is 2.06 bits per heavy atom. The second-order valence-electron chi connectivity index (χ2n) is 3.64. The molecular weight excluding hydrogens is 256 g/mol. The molecule has 1 atom stereocenters. The number of ketones is 1. The molecule has 0 aromatic rings. The molecule has 0 aromatic heterocycles. The van der Waals surface area contributed by atoms with Crippen LogP contribution in [-0.4, -0.2) is 41.9 Å². The molecule has 1 amide bonds. The first-order chi connectivity index (χ1) is 8.47. The number of carbonyl (C=O) groups excluding carboxylic acids is 3. The minimum absolute atomic E-state index is 0.124. The Morgan fingerprint density at radius 1 is 1.39 bits per heavy atom. The van der Waals surface area contributed by atoms with Gasteiger partial charge in [-0.15, -0.1) is 0 Å². The fourth-order valence-corrected chi connectivity index (χ4v) is 1.63. The van der Waals surface area contributed by atoms with Crippen LogP contribution in [0.25, 0.3) is 0 Å². The number of nitrogens with two attached hydrogens (primary N) is 1. The number of amides is 1. The van der Waals surface area contributed by atoms with Crippen LogP contribution in [0.2, 0.25) is 0 Å². The average Bonchev–Trinajstić information content (AvgIpc) is 2.31. The van der Waals surface area contributed by atoms with Crippen molar-refractivity contribution in [3.63, 3.8) is 0 Å². The summed E-state index contributed by atoms with van der Waals surface area (Å²) < 4.78 is 4.71. The van der Waals surface area contributed by atoms with Crippen molar-refractivity contribution in [3.05, 3.63) is 0 Å². The van der Waals surface area contributed by atoms with Gasteiger partial charge >= 0.3 is 5.30 Å². The molecule has 0 heterocycles. The molecule has 0 radical (unpaired) electrons. The van der Waals surface area contributed by atoms with E-state index in [0.29, 0.717) is 25.3 Å². The third-order valence-electron chi connectivity index (χ3n) is 2.11. The molecule has 18 heavy (non-hydrogen) atoms. The smallest absolute Gasteiger partial charge is 0.367 e. The summed E-state index contributed by atoms with van der Waals surface area (Å²) in [7, 11) is 0. The van der Waals surface area contributed by atoms with Crippen LogP contribution in [0, 0.1) is 0 Å². The number of nitrogens with one attached hydrogen (secondary N) is 1. The summed E-state index contributed by atoms with van der Waals surface area (Å²) in [6.07, 6.45) is 0.553. The summed E-state index contributed by atoms with van der Waals surface area (Å²) in [6.45, 7) is 3.87. The van der Waals surface area contributed by atoms with E-state index in [9.17, 15) is 14.4 Å². The molecule has 0 aliphatic carbocycles. The van der Waals surface area contributed by atoms with Gasteiger partial charge < -0.3 is 15.8 Å². The maximum Gasteiger partial charge on any atom is 0.367 e. The zero-order valence-electron chi connectivity index (χ0n) is 10.7. The Morgan fingerprint density at radius 3 is 2.61 bits per heavy atom. The predicted molar refractivity (Wildman–Crippen MR) is 70.4 cm³/mol. The Bertz CT molecular complexity index is 297. The van der Waals surface area contributed by atoms with E-state index in [1.54, 1.807) is 6.92 Å². The van der Waals surface area contributed by atoms with Crippen molar-refractivity contribution in [2.45, 2.75) is 32.7 Å². The lowest BCUT2D eigenvalue weighted by Crippen LogP contribution is -2.32. The van der Waals surface area contributed by atoms with Gasteiger partial charge in [0, 0.05) is 18.7 Å². The van der Waals surface area contributed by atoms with Crippen LogP contribution >= 0.6 is 11.8 Å². The highest BCUT2D eigenvalue weighted by Crippen LogP contribution is 2.03. The Labute approximate surface area is 111 Å². The molecule has 104 valence electrons. The molecule has 7 heteroatoms. The molecule has 1 unspecified atom stereocenters. The molecule has 0 rings (SSSR count). The van der Waals surface area contributed by atoms with Crippen LogP contribution in [0.15, 0.2) is 0 Å². The van der Waals surface area contributed by atoms with Crippen molar-refractivity contribution in [2.24, 2.45) is 5.73 Å². The monoisotopic (exact) mass is 276 g/mol. The van der Waals surface area contributed by atoms with Crippen LogP contribution in [0.3, 0.4) is 0 Å². The van der Waals surface area contributed by atoms with Crippen molar-refractivity contribution in [3.8, 4) is 0 Å². The van der Waals surface area contributed by atoms with Crippen molar-refractivity contribution in [1.29, 1.82) is 0 Å². The summed E-state index contributed by atoms with van der Waals surface area (Å²) >= 11 is 1.02. The minimum Gasteiger partial charge on any atom is -0.458 e. The maximum absolute atomic E-state index is 11.3. The summed E-state index contributed by atoms with van der Waals surface area (Å²) in [4.78, 5) is 33.1. The molecule has 0 spiro atoms. The number of hydrogen-bond acceptors (Lipinski definition) is 6. The molecule has 0 bridgehead atoms. The summed E-state index contributed by atoms with van der Waals surface area (Å²) in [5, 5.41) is 2.30. The lowest BCUT2D eigenvalue weighted by Gasteiger charge is -2.08. The van der Waals surface area contributed by atoms with Crippen LogP contribution < -0.4 is 11.1 Å². The fraction of sp³-hybridized carbons (Fsp3) is 0.727. The third-order valence-corrected chi connectivity index (χ3v) is 2.87. The van der Waals surface area contributed by atoms with E-state index in [4.69, 9.17) is 10.5 Å². The van der Waals surface area contributed by atoms with Gasteiger partial charge in [-0.25, -0.2) is 4.79 Å². The normalized spacial score (nSPS) is 11.7. The van der Waals surface area contributed by atoms with Crippen molar-refractivity contribution in [1.82, 2.24) is 5.32 Å². The zero-order chi connectivity index (χ0) is 14.0. The van der Waals surface area contributed by atoms with Crippen molar-refractivity contribution in [2.75, 3.05) is 18.9 Å². The lowest BCUT2D eigenvalue weighted by molar-refractivity contribution is -0.121. The predicted octanol–water partition coefficient (Wildman–Crippen LogP) is 0.689. The number of rotatable bonds is 8. The SMILES string of the molecule is CCOC(=O)SCCNC(=O)CCC(N)C(C)=O. The highest BCUT2D eigenvalue weighted by molar-refractivity contribution is 8.13. The van der Waals surface area contributed by atoms with E-state index >= 15 is 0 Å². The first kappa shape index (κ1) is 16.9. The first-order valence-corrected chi connectivity index (χ1v) is 6.78. The highest BCUT2D eigenvalue weighted by atomic mass is 32.2. The largest absolute Gasteiger partial charge is 0.458 e. The highest BCUT2D eigenvalue weighted by Gasteiger charge is 2.10. The molecule has 0 saturated heterocycles. The number of Topliss-reactive ketones (excluding diaryl/α,β-unsaturated/α-hetero) is 1. The molecule has 0 fully saturated rings. The summed E-state index contributed by atoms with van der Waals surface area (Å²) in [6, 6.07) is -0.579. The average molecular weight is 276 g/mol. The van der Waals surface area contributed by atoms with E-state index in [2.05, 4.69) is 5.32 Å². The van der Waals surface area contributed by atoms with Gasteiger partial charge in [-0.1, -0.05) is 0 Å². The molecular formula is C11H20N2O4S. The molecule has 0 aliphatic rings. The number of ether oxygens (including phenoxy) is 1. The van der Waals surface area contributed by atoms with E-state index < -0.39 is 6.04 Å². The molecule has 0 aliphatic heterocycles. The first-order valence-electron chi connectivity index (χ1n) is 5.79. The second kappa shape index (κ2) is 9.90. The van der Waals surface area contributed by atoms with Crippen LogP contribution in [-0.2, 0) is 14.3 Å². The van der Waals surface area contributed by atoms with E-state index in [0.717, 1.165) is 11.8 Å². The Balaban J connectivity index is 3.54. The number of thioether (sulfide) groups is 1. The maximum atomic E-state index is 11.3. The lowest BCUT2D eigenvalue weighted by atomic mass is 10.1. The quantitative estimate of drug-likeness (QED) is 0.500. The van der Waals surface area contributed by atoms with Crippen LogP contribution in [0.4, 0.5) is 4.79 Å². The standard InChI is InChI=1S/C11H20N2O4S/c1-3-17-11(16)18-7-6-13-10(15)5-4-9(12)8(2)14/h9H,3-7,12H2,1-2H3,(H,13,15). The molecule has 0 aromatic carbocycles. The van der Waals surface area contributed by atoms with Crippen LogP contribution in [0.5, 0.6) is 0 Å². The summed E-state index contributed by atoms with van der Waals surface area (Å²) in [5.41, 5.74) is 5.50. The van der Waals surface area contributed by atoms with Gasteiger partial charge in [0.15, 0.2) is 0 Å². The molecule has 6 nitrogen and oxygen atoms in total. The van der Waals surface area contributed by atoms with Crippen LogP contribution in [0.1, 0.15) is 26.7 Å². The van der Waals surface area contributed by atoms with Crippen molar-refractivity contribution >= 4 is 28.8 Å². The van der Waals surface area contributed by atoms with Gasteiger partial charge in [-0.3, -0.25) is 9.59 Å². The topological polar surface area (TPSA) is 98.5 Å². The minimum atomic E-state index is -0.579. The molecule has 3 N–H and O–H groups in total. The third kappa shape index (κ3) is 9.00. The fourth-order valence-electron chi connectivity index (χ4n) is 1.06. The second-order valence-corrected chi connectivity index (χ2v) is 4.67. The van der Waals surface area contributed by atoms with Gasteiger partial charge in [0.25, 0.3) is 0 Å². The Hall–Kier alpha value is -1.08. The van der Waals surface area contributed by atoms with E-state index in [-0.39, 0.29) is 23.4 Å². The Kier molecular flexibility index (Phi) is 9.31. The van der Waals surface area contributed by atoms with E-state index in [1.165, 1.54) is 6.92 Å². The number of hydrogen-bond donors (Lipinski definition) is 2. The van der Waals surface area contributed by atoms with E-state index in [1.807, 2.05) is 0 Å². The zero-order valence-corrected chi connectivity index (χ0v) is 11.5. The van der Waals surface area contributed by atoms with Gasteiger partial charge in [0.2, 0.25) is 5.91 Å². The number of carbonyl (C=O) groups is 3. The van der Waals surface area contributed by atoms with Gasteiger partial charge in [-0.2, -0.15) is 0 Å².